The molecule has 0 bridgehead atoms. The number of nitrogens with zero attached hydrogens (tertiary/aromatic N) is 2. The molecular weight excluding hydrogens is 337 g/mol. The van der Waals surface area contributed by atoms with E-state index in [-0.39, 0.29) is 36.2 Å². The normalized spacial score (nSPS) is 25.5. The van der Waals surface area contributed by atoms with Crippen molar-refractivity contribution in [2.75, 3.05) is 19.7 Å². The third-order valence-corrected chi connectivity index (χ3v) is 4.54. The number of alkyl halides is 3. The van der Waals surface area contributed by atoms with Crippen molar-refractivity contribution in [1.82, 2.24) is 9.88 Å². The van der Waals surface area contributed by atoms with Crippen LogP contribution in [0.25, 0.3) is 0 Å². The van der Waals surface area contributed by atoms with E-state index in [0.29, 0.717) is 13.1 Å². The molecule has 2 unspecified atom stereocenters. The maximum Gasteiger partial charge on any atom is 0.420 e. The van der Waals surface area contributed by atoms with Gasteiger partial charge in [0.05, 0.1) is 12.8 Å². The topological polar surface area (TPSA) is 51.7 Å². The highest BCUT2D eigenvalue weighted by Crippen LogP contribution is 2.52. The summed E-state index contributed by atoms with van der Waals surface area (Å²) in [6, 6.07) is 0.910. The van der Waals surface area contributed by atoms with Crippen LogP contribution in [0.5, 0.6) is 5.75 Å². The maximum absolute atomic E-state index is 12.9. The minimum Gasteiger partial charge on any atom is -0.491 e. The third kappa shape index (κ3) is 3.99. The zero-order valence-electron chi connectivity index (χ0n) is 14.3. The van der Waals surface area contributed by atoms with Gasteiger partial charge in [0.25, 0.3) is 0 Å². The lowest BCUT2D eigenvalue weighted by molar-refractivity contribution is -0.139. The van der Waals surface area contributed by atoms with Gasteiger partial charge < -0.3 is 14.4 Å². The average Bonchev–Trinajstić information content (AvgIpc) is 2.93. The van der Waals surface area contributed by atoms with Gasteiger partial charge in [-0.3, -0.25) is 4.98 Å². The molecule has 5 nitrogen and oxygen atoms in total. The lowest BCUT2D eigenvalue weighted by Crippen LogP contribution is -2.37. The summed E-state index contributed by atoms with van der Waals surface area (Å²) in [6.07, 6.45) is -2.62. The van der Waals surface area contributed by atoms with Crippen molar-refractivity contribution in [1.29, 1.82) is 0 Å². The van der Waals surface area contributed by atoms with Crippen molar-refractivity contribution in [3.8, 4) is 5.75 Å². The molecule has 8 heteroatoms. The molecule has 3 rings (SSSR count). The van der Waals surface area contributed by atoms with Crippen molar-refractivity contribution in [2.24, 2.45) is 17.8 Å². The Balaban J connectivity index is 1.51. The van der Waals surface area contributed by atoms with Crippen LogP contribution in [0.15, 0.2) is 18.5 Å². The summed E-state index contributed by atoms with van der Waals surface area (Å²) in [6.45, 7) is 6.76. The number of likely N-dealkylation sites (tertiary alicyclic amines) is 1. The van der Waals surface area contributed by atoms with Crippen molar-refractivity contribution in [3.63, 3.8) is 0 Å². The van der Waals surface area contributed by atoms with Crippen molar-refractivity contribution in [2.45, 2.75) is 32.5 Å². The molecule has 1 aliphatic carbocycles. The molecule has 1 saturated carbocycles. The van der Waals surface area contributed by atoms with E-state index in [1.165, 1.54) is 0 Å². The van der Waals surface area contributed by atoms with Gasteiger partial charge in [0.1, 0.15) is 16.9 Å². The van der Waals surface area contributed by atoms with E-state index in [2.05, 4.69) is 4.98 Å². The second-order valence-electron chi connectivity index (χ2n) is 7.56. The molecule has 2 aliphatic rings. The van der Waals surface area contributed by atoms with Gasteiger partial charge in [-0.25, -0.2) is 4.79 Å². The second-order valence-corrected chi connectivity index (χ2v) is 7.56. The van der Waals surface area contributed by atoms with Crippen LogP contribution in [-0.2, 0) is 10.9 Å². The van der Waals surface area contributed by atoms with Crippen LogP contribution in [-0.4, -0.2) is 41.3 Å². The summed E-state index contributed by atoms with van der Waals surface area (Å²) in [5, 5.41) is 0. The van der Waals surface area contributed by atoms with E-state index in [4.69, 9.17) is 9.47 Å². The lowest BCUT2D eigenvalue weighted by atomic mass is 10.2. The summed E-state index contributed by atoms with van der Waals surface area (Å²) in [4.78, 5) is 17.4. The molecule has 1 aromatic heterocycles. The Labute approximate surface area is 144 Å². The van der Waals surface area contributed by atoms with E-state index >= 15 is 0 Å². The van der Waals surface area contributed by atoms with E-state index in [1.807, 2.05) is 20.8 Å². The first-order chi connectivity index (χ1) is 11.6. The first-order valence-electron chi connectivity index (χ1n) is 8.18. The van der Waals surface area contributed by atoms with Crippen molar-refractivity contribution >= 4 is 6.09 Å². The number of hydrogen-bond donors (Lipinski definition) is 0. The Morgan fingerprint density at radius 3 is 2.48 bits per heavy atom. The number of hydrogen-bond acceptors (Lipinski definition) is 4. The second kappa shape index (κ2) is 6.07. The van der Waals surface area contributed by atoms with Crippen molar-refractivity contribution in [3.05, 3.63) is 24.0 Å². The maximum atomic E-state index is 12.9. The number of aromatic nitrogens is 1. The number of pyridine rings is 1. The number of carbonyl (C=O) groups excluding carboxylic acids is 1. The van der Waals surface area contributed by atoms with Gasteiger partial charge >= 0.3 is 12.3 Å². The molecule has 1 amide bonds. The number of halogens is 3. The van der Waals surface area contributed by atoms with E-state index in [0.717, 1.165) is 18.5 Å². The van der Waals surface area contributed by atoms with Crippen LogP contribution in [0, 0.1) is 17.8 Å². The number of piperidine rings is 1. The molecule has 2 atom stereocenters. The van der Waals surface area contributed by atoms with Crippen molar-refractivity contribution < 1.29 is 27.4 Å². The molecule has 0 spiro atoms. The van der Waals surface area contributed by atoms with E-state index < -0.39 is 17.3 Å². The molecule has 138 valence electrons. The number of rotatable bonds is 3. The zero-order chi connectivity index (χ0) is 18.4. The standard InChI is InChI=1S/C17H21F3N2O3/c1-16(2,3)25-15(23)22-7-10-11(8-22)12(10)9-24-14-6-21-5-4-13(14)17(18,19)20/h4-6,10-12H,7-9H2,1-3H3. The number of amides is 1. The molecule has 2 heterocycles. The largest absolute Gasteiger partial charge is 0.491 e. The lowest BCUT2D eigenvalue weighted by Gasteiger charge is -2.26. The van der Waals surface area contributed by atoms with Crippen LogP contribution in [0.4, 0.5) is 18.0 Å². The SMILES string of the molecule is CC(C)(C)OC(=O)N1CC2C(COc3cnccc3C(F)(F)F)C2C1. The summed E-state index contributed by atoms with van der Waals surface area (Å²) < 4.78 is 49.5. The minimum atomic E-state index is -4.47. The van der Waals surface area contributed by atoms with Crippen LogP contribution in [0.2, 0.25) is 0 Å². The average molecular weight is 358 g/mol. The molecule has 1 aliphatic heterocycles. The highest BCUT2D eigenvalue weighted by atomic mass is 19.4. The summed E-state index contributed by atoms with van der Waals surface area (Å²) >= 11 is 0. The molecule has 1 aromatic rings. The Kier molecular flexibility index (Phi) is 4.33. The van der Waals surface area contributed by atoms with Crippen LogP contribution < -0.4 is 4.74 Å². The van der Waals surface area contributed by atoms with Gasteiger partial charge in [-0.15, -0.1) is 0 Å². The van der Waals surface area contributed by atoms with E-state index in [1.54, 1.807) is 4.90 Å². The number of carbonyl (C=O) groups is 1. The Morgan fingerprint density at radius 2 is 1.92 bits per heavy atom. The van der Waals surface area contributed by atoms with Gasteiger partial charge in [0.15, 0.2) is 0 Å². The summed E-state index contributed by atoms with van der Waals surface area (Å²) in [7, 11) is 0. The van der Waals surface area contributed by atoms with Gasteiger partial charge in [-0.05, 0) is 38.7 Å². The zero-order valence-corrected chi connectivity index (χ0v) is 14.3. The highest BCUT2D eigenvalue weighted by Gasteiger charge is 2.57. The first kappa shape index (κ1) is 17.8. The number of fused-ring (bicyclic) bond motifs is 1. The van der Waals surface area contributed by atoms with Gasteiger partial charge in [-0.2, -0.15) is 13.2 Å². The Morgan fingerprint density at radius 1 is 1.28 bits per heavy atom. The van der Waals surface area contributed by atoms with Gasteiger partial charge in [0, 0.05) is 25.2 Å². The Hall–Kier alpha value is -1.99. The highest BCUT2D eigenvalue weighted by molar-refractivity contribution is 5.69. The van der Waals surface area contributed by atoms with Gasteiger partial charge in [0.2, 0.25) is 0 Å². The van der Waals surface area contributed by atoms with Crippen LogP contribution in [0.1, 0.15) is 26.3 Å². The monoisotopic (exact) mass is 358 g/mol. The third-order valence-electron chi connectivity index (χ3n) is 4.54. The molecular formula is C17H21F3N2O3. The van der Waals surface area contributed by atoms with Crippen LogP contribution >= 0.6 is 0 Å². The predicted octanol–water partition coefficient (Wildman–Crippen LogP) is 3.59. The fourth-order valence-corrected chi connectivity index (χ4v) is 3.29. The minimum absolute atomic E-state index is 0.167. The quantitative estimate of drug-likeness (QED) is 0.829. The molecule has 2 fully saturated rings. The predicted molar refractivity (Wildman–Crippen MR) is 83.0 cm³/mol. The molecule has 0 N–H and O–H groups in total. The fourth-order valence-electron chi connectivity index (χ4n) is 3.29. The Bertz CT molecular complexity index is 645. The van der Waals surface area contributed by atoms with Crippen LogP contribution in [0.3, 0.4) is 0 Å². The fraction of sp³-hybridized carbons (Fsp3) is 0.647. The van der Waals surface area contributed by atoms with Gasteiger partial charge in [-0.1, -0.05) is 0 Å². The molecule has 1 saturated heterocycles. The molecule has 25 heavy (non-hydrogen) atoms. The molecule has 0 aromatic carbocycles. The molecule has 0 radical (unpaired) electrons. The number of ether oxygens (including phenoxy) is 2. The smallest absolute Gasteiger partial charge is 0.420 e. The summed E-state index contributed by atoms with van der Waals surface area (Å²) in [5.74, 6) is 0.445. The van der Waals surface area contributed by atoms with E-state index in [9.17, 15) is 18.0 Å². The first-order valence-corrected chi connectivity index (χ1v) is 8.18. The summed E-state index contributed by atoms with van der Waals surface area (Å²) in [5.41, 5.74) is -1.36.